The van der Waals surface area contributed by atoms with Crippen LogP contribution in [0.4, 0.5) is 0 Å². The fraction of sp³-hybridized carbons (Fsp3) is 0.235. The van der Waals surface area contributed by atoms with Crippen molar-refractivity contribution in [2.75, 3.05) is 0 Å². The van der Waals surface area contributed by atoms with Gasteiger partial charge in [-0.3, -0.25) is 4.79 Å². The van der Waals surface area contributed by atoms with Crippen LogP contribution in [0.2, 0.25) is 0 Å². The third-order valence-electron chi connectivity index (χ3n) is 3.87. The number of fused-ring (bicyclic) bond motifs is 1. The summed E-state index contributed by atoms with van der Waals surface area (Å²) in [5, 5.41) is 13.5. The van der Waals surface area contributed by atoms with Crippen LogP contribution in [0.5, 0.6) is 0 Å². The van der Waals surface area contributed by atoms with Crippen molar-refractivity contribution in [1.82, 2.24) is 14.6 Å². The molecule has 1 N–H and O–H groups in total. The summed E-state index contributed by atoms with van der Waals surface area (Å²) >= 11 is 3.47. The lowest BCUT2D eigenvalue weighted by Gasteiger charge is -2.09. The Morgan fingerprint density at radius 3 is 2.78 bits per heavy atom. The second-order valence-electron chi connectivity index (χ2n) is 5.46. The van der Waals surface area contributed by atoms with E-state index in [-0.39, 0.29) is 6.42 Å². The highest BCUT2D eigenvalue weighted by atomic mass is 79.9. The van der Waals surface area contributed by atoms with Gasteiger partial charge in [-0.25, -0.2) is 9.50 Å². The second-order valence-corrected chi connectivity index (χ2v) is 6.38. The zero-order valence-corrected chi connectivity index (χ0v) is 14.5. The number of halogens is 1. The quantitative estimate of drug-likeness (QED) is 0.755. The maximum absolute atomic E-state index is 10.8. The van der Waals surface area contributed by atoms with Crippen molar-refractivity contribution in [3.63, 3.8) is 0 Å². The summed E-state index contributed by atoms with van der Waals surface area (Å²) in [6, 6.07) is 9.89. The average Bonchev–Trinajstić information content (AvgIpc) is 2.91. The fourth-order valence-corrected chi connectivity index (χ4v) is 3.11. The highest BCUT2D eigenvalue weighted by Gasteiger charge is 2.14. The van der Waals surface area contributed by atoms with E-state index in [1.54, 1.807) is 4.52 Å². The number of carbonyl (C=O) groups is 1. The van der Waals surface area contributed by atoms with Crippen molar-refractivity contribution in [2.45, 2.75) is 26.7 Å². The molecule has 2 aromatic heterocycles. The number of carboxylic acids is 1. The Balaban J connectivity index is 2.09. The number of benzene rings is 1. The third-order valence-corrected chi connectivity index (χ3v) is 4.37. The summed E-state index contributed by atoms with van der Waals surface area (Å²) in [5.74, 6) is -0.806. The van der Waals surface area contributed by atoms with E-state index in [2.05, 4.69) is 26.0 Å². The van der Waals surface area contributed by atoms with Crippen LogP contribution in [0.15, 0.2) is 34.8 Å². The Morgan fingerprint density at radius 2 is 2.09 bits per heavy atom. The Hall–Kier alpha value is -2.21. The molecule has 0 saturated heterocycles. The van der Waals surface area contributed by atoms with Crippen LogP contribution in [-0.2, 0) is 11.2 Å². The van der Waals surface area contributed by atoms with E-state index < -0.39 is 5.97 Å². The van der Waals surface area contributed by atoms with Crippen LogP contribution in [0.25, 0.3) is 16.9 Å². The summed E-state index contributed by atoms with van der Waals surface area (Å²) in [4.78, 5) is 15.4. The SMILES string of the molecule is Cc1nc2cc(-c3cccc(Br)c3)nn2c(C)c1CCC(=O)O. The van der Waals surface area contributed by atoms with Gasteiger partial charge in [0.2, 0.25) is 0 Å². The molecule has 23 heavy (non-hydrogen) atoms. The van der Waals surface area contributed by atoms with E-state index in [0.717, 1.165) is 38.3 Å². The maximum Gasteiger partial charge on any atom is 0.303 e. The van der Waals surface area contributed by atoms with Crippen molar-refractivity contribution in [2.24, 2.45) is 0 Å². The van der Waals surface area contributed by atoms with E-state index in [9.17, 15) is 4.79 Å². The van der Waals surface area contributed by atoms with E-state index in [1.807, 2.05) is 44.2 Å². The molecule has 0 unspecified atom stereocenters. The van der Waals surface area contributed by atoms with Gasteiger partial charge in [0, 0.05) is 33.9 Å². The number of hydrogen-bond donors (Lipinski definition) is 1. The van der Waals surface area contributed by atoms with Gasteiger partial charge in [-0.15, -0.1) is 0 Å². The van der Waals surface area contributed by atoms with Crippen LogP contribution in [0, 0.1) is 13.8 Å². The number of aliphatic carboxylic acids is 1. The molecule has 5 nitrogen and oxygen atoms in total. The van der Waals surface area contributed by atoms with Gasteiger partial charge in [0.1, 0.15) is 0 Å². The van der Waals surface area contributed by atoms with Crippen LogP contribution < -0.4 is 0 Å². The molecule has 3 aromatic rings. The lowest BCUT2D eigenvalue weighted by molar-refractivity contribution is -0.136. The van der Waals surface area contributed by atoms with Crippen LogP contribution in [0.1, 0.15) is 23.4 Å². The molecular weight excluding hydrogens is 358 g/mol. The molecule has 0 saturated carbocycles. The first-order valence-corrected chi connectivity index (χ1v) is 8.08. The van der Waals surface area contributed by atoms with Crippen LogP contribution in [0.3, 0.4) is 0 Å². The minimum atomic E-state index is -0.806. The van der Waals surface area contributed by atoms with Gasteiger partial charge in [0.25, 0.3) is 0 Å². The Labute approximate surface area is 142 Å². The monoisotopic (exact) mass is 373 g/mol. The standard InChI is InChI=1S/C17H16BrN3O2/c1-10-14(6-7-17(22)23)11(2)21-16(19-10)9-15(20-21)12-4-3-5-13(18)8-12/h3-5,8-9H,6-7H2,1-2H3,(H,22,23). The summed E-state index contributed by atoms with van der Waals surface area (Å²) in [5.41, 5.74) is 5.37. The molecule has 0 aliphatic carbocycles. The van der Waals surface area contributed by atoms with Crippen molar-refractivity contribution < 1.29 is 9.90 Å². The Kier molecular flexibility index (Phi) is 4.17. The van der Waals surface area contributed by atoms with E-state index >= 15 is 0 Å². The van der Waals surface area contributed by atoms with E-state index in [0.29, 0.717) is 6.42 Å². The van der Waals surface area contributed by atoms with Crippen LogP contribution in [-0.4, -0.2) is 25.7 Å². The number of aromatic nitrogens is 3. The molecule has 6 heteroatoms. The first kappa shape index (κ1) is 15.7. The summed E-state index contributed by atoms with van der Waals surface area (Å²) in [6.07, 6.45) is 0.552. The lowest BCUT2D eigenvalue weighted by atomic mass is 10.1. The second kappa shape index (κ2) is 6.12. The molecule has 0 bridgehead atoms. The van der Waals surface area contributed by atoms with Gasteiger partial charge in [0.05, 0.1) is 5.69 Å². The van der Waals surface area contributed by atoms with Crippen molar-refractivity contribution >= 4 is 27.5 Å². The largest absolute Gasteiger partial charge is 0.481 e. The topological polar surface area (TPSA) is 67.5 Å². The lowest BCUT2D eigenvalue weighted by Crippen LogP contribution is -2.07. The highest BCUT2D eigenvalue weighted by Crippen LogP contribution is 2.24. The Bertz CT molecular complexity index is 902. The van der Waals surface area contributed by atoms with Gasteiger partial charge >= 0.3 is 5.97 Å². The molecule has 0 spiro atoms. The molecule has 0 amide bonds. The molecule has 1 aromatic carbocycles. The average molecular weight is 374 g/mol. The number of carboxylic acid groups (broad SMARTS) is 1. The normalized spacial score (nSPS) is 11.1. The highest BCUT2D eigenvalue weighted by molar-refractivity contribution is 9.10. The third kappa shape index (κ3) is 3.12. The predicted octanol–water partition coefficient (Wildman–Crippen LogP) is 3.79. The van der Waals surface area contributed by atoms with Gasteiger partial charge in [0.15, 0.2) is 5.65 Å². The van der Waals surface area contributed by atoms with Gasteiger partial charge in [-0.2, -0.15) is 5.10 Å². The maximum atomic E-state index is 10.8. The molecule has 3 rings (SSSR count). The van der Waals surface area contributed by atoms with E-state index in [1.165, 1.54) is 0 Å². The van der Waals surface area contributed by atoms with Gasteiger partial charge in [-0.1, -0.05) is 28.1 Å². The number of aryl methyl sites for hydroxylation is 2. The summed E-state index contributed by atoms with van der Waals surface area (Å²) in [6.45, 7) is 3.87. The molecule has 0 aliphatic heterocycles. The molecule has 0 radical (unpaired) electrons. The molecular formula is C17H16BrN3O2. The Morgan fingerprint density at radius 1 is 1.30 bits per heavy atom. The predicted molar refractivity (Wildman–Crippen MR) is 91.6 cm³/mol. The van der Waals surface area contributed by atoms with Crippen LogP contribution >= 0.6 is 15.9 Å². The summed E-state index contributed by atoms with van der Waals surface area (Å²) < 4.78 is 2.79. The van der Waals surface area contributed by atoms with Crippen molar-refractivity contribution in [3.05, 3.63) is 51.8 Å². The first-order chi connectivity index (χ1) is 11.0. The van der Waals surface area contributed by atoms with E-state index in [4.69, 9.17) is 5.11 Å². The summed E-state index contributed by atoms with van der Waals surface area (Å²) in [7, 11) is 0. The number of rotatable bonds is 4. The van der Waals surface area contributed by atoms with Crippen molar-refractivity contribution in [3.8, 4) is 11.3 Å². The minimum absolute atomic E-state index is 0.0919. The van der Waals surface area contributed by atoms with Gasteiger partial charge < -0.3 is 5.11 Å². The molecule has 118 valence electrons. The molecule has 0 atom stereocenters. The molecule has 0 aliphatic rings. The zero-order valence-electron chi connectivity index (χ0n) is 12.9. The molecule has 0 fully saturated rings. The fourth-order valence-electron chi connectivity index (χ4n) is 2.71. The zero-order chi connectivity index (χ0) is 16.6. The first-order valence-electron chi connectivity index (χ1n) is 7.29. The number of hydrogen-bond acceptors (Lipinski definition) is 3. The number of nitrogens with zero attached hydrogens (tertiary/aromatic N) is 3. The van der Waals surface area contributed by atoms with Gasteiger partial charge in [-0.05, 0) is 38.0 Å². The minimum Gasteiger partial charge on any atom is -0.481 e. The smallest absolute Gasteiger partial charge is 0.303 e. The van der Waals surface area contributed by atoms with Crippen molar-refractivity contribution in [1.29, 1.82) is 0 Å². The molecule has 2 heterocycles.